The number of benzene rings is 2. The number of rotatable bonds is 8. The highest BCUT2D eigenvalue weighted by Gasteiger charge is 2.09. The van der Waals surface area contributed by atoms with Crippen molar-refractivity contribution in [1.82, 2.24) is 10.2 Å². The molecule has 0 amide bonds. The molecule has 2 aromatic carbocycles. The van der Waals surface area contributed by atoms with Crippen molar-refractivity contribution in [2.45, 2.75) is 13.2 Å². The average molecular weight is 395 g/mol. The highest BCUT2D eigenvalue weighted by Crippen LogP contribution is 2.24. The van der Waals surface area contributed by atoms with Gasteiger partial charge >= 0.3 is 0 Å². The van der Waals surface area contributed by atoms with Gasteiger partial charge in [-0.05, 0) is 23.8 Å². The summed E-state index contributed by atoms with van der Waals surface area (Å²) >= 11 is 12.0. The number of halogens is 2. The van der Waals surface area contributed by atoms with E-state index in [1.54, 1.807) is 6.07 Å². The fourth-order valence-electron chi connectivity index (χ4n) is 2.87. The van der Waals surface area contributed by atoms with E-state index in [1.165, 1.54) is 0 Å². The predicted molar refractivity (Wildman–Crippen MR) is 106 cm³/mol. The Bertz CT molecular complexity index is 706. The van der Waals surface area contributed by atoms with Gasteiger partial charge in [0.1, 0.15) is 12.4 Å². The third kappa shape index (κ3) is 5.86. The van der Waals surface area contributed by atoms with Crippen molar-refractivity contribution in [1.29, 1.82) is 0 Å². The molecular formula is C20H24Cl2N2O2. The Morgan fingerprint density at radius 2 is 1.85 bits per heavy atom. The van der Waals surface area contributed by atoms with Crippen LogP contribution in [0.5, 0.6) is 5.75 Å². The molecule has 26 heavy (non-hydrogen) atoms. The van der Waals surface area contributed by atoms with Crippen molar-refractivity contribution in [3.8, 4) is 5.75 Å². The van der Waals surface area contributed by atoms with Crippen LogP contribution in [0, 0.1) is 0 Å². The van der Waals surface area contributed by atoms with Gasteiger partial charge in [0, 0.05) is 38.3 Å². The number of nitrogens with one attached hydrogen (secondary N) is 1. The van der Waals surface area contributed by atoms with Crippen LogP contribution in [0.3, 0.4) is 0 Å². The second-order valence-corrected chi connectivity index (χ2v) is 7.09. The molecule has 0 bridgehead atoms. The molecule has 3 rings (SSSR count). The van der Waals surface area contributed by atoms with Gasteiger partial charge in [-0.25, -0.2) is 0 Å². The summed E-state index contributed by atoms with van der Waals surface area (Å²) in [5, 5.41) is 4.61. The Labute approximate surface area is 165 Å². The number of morpholine rings is 1. The molecule has 1 heterocycles. The third-order valence-corrected chi connectivity index (χ3v) is 5.11. The highest BCUT2D eigenvalue weighted by atomic mass is 35.5. The minimum atomic E-state index is 0.460. The van der Waals surface area contributed by atoms with E-state index in [1.807, 2.05) is 30.3 Å². The van der Waals surface area contributed by atoms with Crippen molar-refractivity contribution in [3.05, 3.63) is 63.6 Å². The molecule has 1 fully saturated rings. The van der Waals surface area contributed by atoms with Gasteiger partial charge in [0.05, 0.1) is 23.3 Å². The second kappa shape index (κ2) is 10.1. The first-order valence-corrected chi connectivity index (χ1v) is 9.63. The summed E-state index contributed by atoms with van der Waals surface area (Å²) in [7, 11) is 0. The molecular weight excluding hydrogens is 371 g/mol. The van der Waals surface area contributed by atoms with E-state index in [4.69, 9.17) is 32.7 Å². The molecule has 0 radical (unpaired) electrons. The summed E-state index contributed by atoms with van der Waals surface area (Å²) in [4.78, 5) is 2.42. The van der Waals surface area contributed by atoms with Crippen molar-refractivity contribution in [2.75, 3.05) is 39.4 Å². The zero-order valence-corrected chi connectivity index (χ0v) is 16.2. The van der Waals surface area contributed by atoms with Crippen molar-refractivity contribution >= 4 is 23.2 Å². The van der Waals surface area contributed by atoms with E-state index in [0.29, 0.717) is 16.7 Å². The summed E-state index contributed by atoms with van der Waals surface area (Å²) < 4.78 is 11.4. The van der Waals surface area contributed by atoms with Gasteiger partial charge in [-0.1, -0.05) is 47.5 Å². The molecule has 1 saturated heterocycles. The second-order valence-electron chi connectivity index (χ2n) is 6.28. The fourth-order valence-corrected chi connectivity index (χ4v) is 3.19. The van der Waals surface area contributed by atoms with Crippen LogP contribution in [0.1, 0.15) is 11.1 Å². The van der Waals surface area contributed by atoms with Crippen LogP contribution in [0.2, 0.25) is 10.0 Å². The van der Waals surface area contributed by atoms with E-state index in [-0.39, 0.29) is 0 Å². The first-order valence-electron chi connectivity index (χ1n) is 8.88. The molecule has 0 atom stereocenters. The van der Waals surface area contributed by atoms with Gasteiger partial charge in [0.25, 0.3) is 0 Å². The zero-order chi connectivity index (χ0) is 18.2. The number of hydrogen-bond donors (Lipinski definition) is 1. The van der Waals surface area contributed by atoms with Crippen LogP contribution in [-0.2, 0) is 17.9 Å². The van der Waals surface area contributed by atoms with E-state index < -0.39 is 0 Å². The standard InChI is InChI=1S/C20H24Cl2N2O2/c21-18-6-5-16(13-19(18)22)15-26-20-4-2-1-3-17(20)14-23-7-8-24-9-11-25-12-10-24/h1-6,13,23H,7-12,14-15H2. The molecule has 0 saturated carbocycles. The first-order chi connectivity index (χ1) is 12.7. The predicted octanol–water partition coefficient (Wildman–Crippen LogP) is 3.99. The SMILES string of the molecule is Clc1ccc(COc2ccccc2CNCCN2CCOCC2)cc1Cl. The summed E-state index contributed by atoms with van der Waals surface area (Å²) in [6.45, 7) is 6.94. The lowest BCUT2D eigenvalue weighted by atomic mass is 10.2. The maximum Gasteiger partial charge on any atom is 0.124 e. The van der Waals surface area contributed by atoms with Gasteiger partial charge in [-0.15, -0.1) is 0 Å². The molecule has 0 aliphatic carbocycles. The number of hydrogen-bond acceptors (Lipinski definition) is 4. The molecule has 6 heteroatoms. The summed E-state index contributed by atoms with van der Waals surface area (Å²) in [6, 6.07) is 13.7. The van der Waals surface area contributed by atoms with Crippen LogP contribution in [0.25, 0.3) is 0 Å². The van der Waals surface area contributed by atoms with Crippen LogP contribution in [0.15, 0.2) is 42.5 Å². The molecule has 0 spiro atoms. The van der Waals surface area contributed by atoms with Crippen molar-refractivity contribution in [2.24, 2.45) is 0 Å². The van der Waals surface area contributed by atoms with Gasteiger partial charge in [0.15, 0.2) is 0 Å². The minimum Gasteiger partial charge on any atom is -0.489 e. The molecule has 0 aromatic heterocycles. The molecule has 0 unspecified atom stereocenters. The van der Waals surface area contributed by atoms with Crippen LogP contribution < -0.4 is 10.1 Å². The van der Waals surface area contributed by atoms with Gasteiger partial charge in [-0.2, -0.15) is 0 Å². The maximum atomic E-state index is 6.07. The minimum absolute atomic E-state index is 0.460. The normalized spacial score (nSPS) is 15.2. The van der Waals surface area contributed by atoms with Crippen LogP contribution in [-0.4, -0.2) is 44.3 Å². The Hall–Kier alpha value is -1.30. The lowest BCUT2D eigenvalue weighted by Crippen LogP contribution is -2.40. The average Bonchev–Trinajstić information content (AvgIpc) is 2.68. The van der Waals surface area contributed by atoms with E-state index in [2.05, 4.69) is 16.3 Å². The van der Waals surface area contributed by atoms with Crippen molar-refractivity contribution < 1.29 is 9.47 Å². The van der Waals surface area contributed by atoms with E-state index in [0.717, 1.165) is 62.8 Å². The van der Waals surface area contributed by atoms with Crippen molar-refractivity contribution in [3.63, 3.8) is 0 Å². The van der Waals surface area contributed by atoms with Gasteiger partial charge in [-0.3, -0.25) is 4.90 Å². The molecule has 140 valence electrons. The number of para-hydroxylation sites is 1. The highest BCUT2D eigenvalue weighted by molar-refractivity contribution is 6.42. The number of nitrogens with zero attached hydrogens (tertiary/aromatic N) is 1. The largest absolute Gasteiger partial charge is 0.489 e. The third-order valence-electron chi connectivity index (χ3n) is 4.37. The smallest absolute Gasteiger partial charge is 0.124 e. The Balaban J connectivity index is 1.48. The lowest BCUT2D eigenvalue weighted by molar-refractivity contribution is 0.0384. The first kappa shape index (κ1) is 19.5. The molecule has 1 aliphatic heterocycles. The monoisotopic (exact) mass is 394 g/mol. The summed E-state index contributed by atoms with van der Waals surface area (Å²) in [6.07, 6.45) is 0. The fraction of sp³-hybridized carbons (Fsp3) is 0.400. The Morgan fingerprint density at radius 1 is 1.04 bits per heavy atom. The van der Waals surface area contributed by atoms with Crippen LogP contribution >= 0.6 is 23.2 Å². The van der Waals surface area contributed by atoms with Gasteiger partial charge in [0.2, 0.25) is 0 Å². The molecule has 1 N–H and O–H groups in total. The summed E-state index contributed by atoms with van der Waals surface area (Å²) in [5.41, 5.74) is 2.14. The molecule has 2 aromatic rings. The van der Waals surface area contributed by atoms with E-state index >= 15 is 0 Å². The quantitative estimate of drug-likeness (QED) is 0.686. The topological polar surface area (TPSA) is 33.7 Å². The van der Waals surface area contributed by atoms with E-state index in [9.17, 15) is 0 Å². The maximum absolute atomic E-state index is 6.07. The Morgan fingerprint density at radius 3 is 2.65 bits per heavy atom. The molecule has 4 nitrogen and oxygen atoms in total. The van der Waals surface area contributed by atoms with Crippen LogP contribution in [0.4, 0.5) is 0 Å². The zero-order valence-electron chi connectivity index (χ0n) is 14.7. The number of ether oxygens (including phenoxy) is 2. The Kier molecular flexibility index (Phi) is 7.59. The van der Waals surface area contributed by atoms with Gasteiger partial charge < -0.3 is 14.8 Å². The lowest BCUT2D eigenvalue weighted by Gasteiger charge is -2.26. The molecule has 1 aliphatic rings. The summed E-state index contributed by atoms with van der Waals surface area (Å²) in [5.74, 6) is 0.887.